The van der Waals surface area contributed by atoms with Crippen molar-refractivity contribution in [1.82, 2.24) is 13.9 Å². The largest absolute Gasteiger partial charge is 0.495 e. The Morgan fingerprint density at radius 1 is 1.09 bits per heavy atom. The van der Waals surface area contributed by atoms with E-state index in [0.29, 0.717) is 23.6 Å². The fourth-order valence-electron chi connectivity index (χ4n) is 4.20. The van der Waals surface area contributed by atoms with Crippen molar-refractivity contribution in [2.75, 3.05) is 19.0 Å². The Labute approximate surface area is 204 Å². The van der Waals surface area contributed by atoms with Gasteiger partial charge in [0, 0.05) is 48.8 Å². The highest BCUT2D eigenvalue weighted by Gasteiger charge is 2.33. The summed E-state index contributed by atoms with van der Waals surface area (Å²) >= 11 is 0. The van der Waals surface area contributed by atoms with Crippen LogP contribution in [0.4, 0.5) is 5.69 Å². The molecule has 2 heterocycles. The van der Waals surface area contributed by atoms with Gasteiger partial charge in [0.25, 0.3) is 5.91 Å². The van der Waals surface area contributed by atoms with Crippen molar-refractivity contribution >= 4 is 27.4 Å². The van der Waals surface area contributed by atoms with Crippen LogP contribution in [0.1, 0.15) is 52.7 Å². The second-order valence-electron chi connectivity index (χ2n) is 8.55. The minimum Gasteiger partial charge on any atom is -0.495 e. The van der Waals surface area contributed by atoms with Gasteiger partial charge in [0.1, 0.15) is 10.6 Å². The van der Waals surface area contributed by atoms with Crippen molar-refractivity contribution in [3.8, 4) is 5.75 Å². The molecule has 1 aliphatic heterocycles. The predicted molar refractivity (Wildman–Crippen MR) is 131 cm³/mol. The van der Waals surface area contributed by atoms with Gasteiger partial charge in [0.2, 0.25) is 15.8 Å². The number of amides is 1. The van der Waals surface area contributed by atoms with Crippen LogP contribution in [0.15, 0.2) is 59.8 Å². The van der Waals surface area contributed by atoms with Crippen molar-refractivity contribution in [3.05, 3.63) is 71.8 Å². The van der Waals surface area contributed by atoms with Crippen LogP contribution in [-0.4, -0.2) is 53.7 Å². The lowest BCUT2D eigenvalue weighted by Gasteiger charge is -2.32. The number of hydrogen-bond acceptors (Lipinski definition) is 6. The third kappa shape index (κ3) is 4.98. The molecule has 0 bridgehead atoms. The molecule has 9 nitrogen and oxygen atoms in total. The van der Waals surface area contributed by atoms with Gasteiger partial charge in [-0.3, -0.25) is 9.59 Å². The van der Waals surface area contributed by atoms with E-state index in [9.17, 15) is 18.0 Å². The Morgan fingerprint density at radius 3 is 2.43 bits per heavy atom. The second kappa shape index (κ2) is 10.0. The van der Waals surface area contributed by atoms with Gasteiger partial charge in [-0.15, -0.1) is 0 Å². The average Bonchev–Trinajstić information content (AvgIpc) is 3.29. The van der Waals surface area contributed by atoms with Crippen molar-refractivity contribution < 1.29 is 22.7 Å². The van der Waals surface area contributed by atoms with Crippen molar-refractivity contribution in [2.24, 2.45) is 7.05 Å². The van der Waals surface area contributed by atoms with Crippen LogP contribution >= 0.6 is 0 Å². The summed E-state index contributed by atoms with van der Waals surface area (Å²) in [6, 6.07) is 10.7. The van der Waals surface area contributed by atoms with E-state index in [2.05, 4.69) is 10.3 Å². The molecule has 1 unspecified atom stereocenters. The van der Waals surface area contributed by atoms with Gasteiger partial charge in [-0.05, 0) is 62.2 Å². The number of piperidine rings is 1. The van der Waals surface area contributed by atoms with Crippen molar-refractivity contribution in [2.45, 2.75) is 37.1 Å². The third-order valence-corrected chi connectivity index (χ3v) is 8.22. The van der Waals surface area contributed by atoms with Gasteiger partial charge < -0.3 is 14.6 Å². The number of carbonyl (C=O) groups excluding carboxylic acids is 2. The molecule has 0 saturated carbocycles. The van der Waals surface area contributed by atoms with Gasteiger partial charge >= 0.3 is 0 Å². The number of aryl methyl sites for hydroxylation is 1. The van der Waals surface area contributed by atoms with Gasteiger partial charge in [-0.25, -0.2) is 13.4 Å². The molecule has 35 heavy (non-hydrogen) atoms. The number of sulfonamides is 1. The number of anilines is 1. The maximum absolute atomic E-state index is 13.4. The number of hydrogen-bond donors (Lipinski definition) is 1. The van der Waals surface area contributed by atoms with Gasteiger partial charge in [-0.1, -0.05) is 6.42 Å². The number of ether oxygens (including phenoxy) is 1. The number of nitrogens with one attached hydrogen (secondary N) is 1. The molecule has 1 saturated heterocycles. The number of aromatic nitrogens is 2. The van der Waals surface area contributed by atoms with Gasteiger partial charge in [-0.2, -0.15) is 4.31 Å². The molecule has 1 aromatic heterocycles. The number of nitrogens with zero attached hydrogens (tertiary/aromatic N) is 3. The van der Waals surface area contributed by atoms with Crippen LogP contribution in [0.3, 0.4) is 0 Å². The summed E-state index contributed by atoms with van der Waals surface area (Å²) in [7, 11) is -0.696. The average molecular weight is 497 g/mol. The van der Waals surface area contributed by atoms with E-state index >= 15 is 0 Å². The van der Waals surface area contributed by atoms with Crippen LogP contribution in [0.25, 0.3) is 0 Å². The standard InChI is InChI=1S/C25H28N4O5S/c1-17-6-4-5-14-29(17)35(32,33)22-16-19(9-12-21(22)34-3)25(31)27-20-10-7-18(8-11-20)23(30)24-26-13-15-28(24)2/h7-13,15-17H,4-6,14H2,1-3H3,(H,27,31). The smallest absolute Gasteiger partial charge is 0.255 e. The monoisotopic (exact) mass is 496 g/mol. The first-order chi connectivity index (χ1) is 16.7. The lowest BCUT2D eigenvalue weighted by atomic mass is 10.1. The lowest BCUT2D eigenvalue weighted by molar-refractivity contribution is 0.102. The number of carbonyl (C=O) groups is 2. The first kappa shape index (κ1) is 24.6. The van der Waals surface area contributed by atoms with E-state index in [0.717, 1.165) is 19.3 Å². The molecule has 2 aromatic carbocycles. The topological polar surface area (TPSA) is 111 Å². The Hall–Kier alpha value is -3.50. The summed E-state index contributed by atoms with van der Waals surface area (Å²) in [5.74, 6) is -0.195. The molecule has 1 fully saturated rings. The summed E-state index contributed by atoms with van der Waals surface area (Å²) in [6.45, 7) is 2.33. The highest BCUT2D eigenvalue weighted by molar-refractivity contribution is 7.89. The van der Waals surface area contributed by atoms with E-state index in [4.69, 9.17) is 4.74 Å². The molecule has 10 heteroatoms. The molecule has 0 spiro atoms. The predicted octanol–water partition coefficient (Wildman–Crippen LogP) is 3.48. The Bertz CT molecular complexity index is 1350. The molecular formula is C25H28N4O5S. The highest BCUT2D eigenvalue weighted by atomic mass is 32.2. The maximum atomic E-state index is 13.4. The Morgan fingerprint density at radius 2 is 1.80 bits per heavy atom. The molecule has 3 aromatic rings. The van der Waals surface area contributed by atoms with Crippen molar-refractivity contribution in [1.29, 1.82) is 0 Å². The summed E-state index contributed by atoms with van der Waals surface area (Å²) < 4.78 is 35.2. The first-order valence-electron chi connectivity index (χ1n) is 11.4. The lowest BCUT2D eigenvalue weighted by Crippen LogP contribution is -2.42. The molecule has 1 amide bonds. The van der Waals surface area contributed by atoms with E-state index in [-0.39, 0.29) is 28.0 Å². The highest BCUT2D eigenvalue weighted by Crippen LogP contribution is 2.32. The van der Waals surface area contributed by atoms with E-state index in [1.54, 1.807) is 48.3 Å². The van der Waals surface area contributed by atoms with Crippen LogP contribution in [0.5, 0.6) is 5.75 Å². The zero-order valence-corrected chi connectivity index (χ0v) is 20.7. The minimum atomic E-state index is -3.84. The Kier molecular flexibility index (Phi) is 7.04. The minimum absolute atomic E-state index is 0.0302. The van der Waals surface area contributed by atoms with Crippen LogP contribution < -0.4 is 10.1 Å². The fraction of sp³-hybridized carbons (Fsp3) is 0.320. The molecule has 1 atom stereocenters. The molecule has 0 aliphatic carbocycles. The second-order valence-corrected chi connectivity index (χ2v) is 10.4. The molecule has 184 valence electrons. The van der Waals surface area contributed by atoms with E-state index in [1.807, 2.05) is 6.92 Å². The summed E-state index contributed by atoms with van der Waals surface area (Å²) in [5.41, 5.74) is 1.09. The number of imidazole rings is 1. The van der Waals surface area contributed by atoms with E-state index < -0.39 is 15.9 Å². The van der Waals surface area contributed by atoms with Gasteiger partial charge in [0.15, 0.2) is 5.82 Å². The number of benzene rings is 2. The Balaban J connectivity index is 1.55. The molecule has 4 rings (SSSR count). The molecular weight excluding hydrogens is 468 g/mol. The molecule has 1 N–H and O–H groups in total. The number of rotatable bonds is 7. The van der Waals surface area contributed by atoms with Crippen molar-refractivity contribution in [3.63, 3.8) is 0 Å². The normalized spacial score (nSPS) is 16.6. The fourth-order valence-corrected chi connectivity index (χ4v) is 6.08. The summed E-state index contributed by atoms with van der Waals surface area (Å²) in [4.78, 5) is 29.6. The third-order valence-electron chi connectivity index (χ3n) is 6.18. The summed E-state index contributed by atoms with van der Waals surface area (Å²) in [5, 5.41) is 2.75. The zero-order chi connectivity index (χ0) is 25.2. The quantitative estimate of drug-likeness (QED) is 0.502. The van der Waals surface area contributed by atoms with E-state index in [1.165, 1.54) is 29.6 Å². The molecule has 1 aliphatic rings. The SMILES string of the molecule is COc1ccc(C(=O)Nc2ccc(C(=O)c3nccn3C)cc2)cc1S(=O)(=O)N1CCCCC1C. The van der Waals surface area contributed by atoms with Crippen LogP contribution in [-0.2, 0) is 17.1 Å². The maximum Gasteiger partial charge on any atom is 0.255 e. The van der Waals surface area contributed by atoms with Gasteiger partial charge in [0.05, 0.1) is 7.11 Å². The van der Waals surface area contributed by atoms with Crippen LogP contribution in [0, 0.1) is 0 Å². The number of ketones is 1. The van der Waals surface area contributed by atoms with Crippen LogP contribution in [0.2, 0.25) is 0 Å². The first-order valence-corrected chi connectivity index (χ1v) is 12.8. The molecule has 0 radical (unpaired) electrons. The summed E-state index contributed by atoms with van der Waals surface area (Å²) in [6.07, 6.45) is 5.82. The zero-order valence-electron chi connectivity index (χ0n) is 19.9. The number of methoxy groups -OCH3 is 1.